The van der Waals surface area contributed by atoms with E-state index >= 15 is 0 Å². The molecule has 0 radical (unpaired) electrons. The van der Waals surface area contributed by atoms with E-state index in [0.29, 0.717) is 13.0 Å². The van der Waals surface area contributed by atoms with Crippen molar-refractivity contribution in [2.75, 3.05) is 6.54 Å². The zero-order chi connectivity index (χ0) is 12.1. The van der Waals surface area contributed by atoms with Gasteiger partial charge in [-0.25, -0.2) is 9.59 Å². The molecule has 2 atom stereocenters. The van der Waals surface area contributed by atoms with Gasteiger partial charge in [-0.1, -0.05) is 0 Å². The first-order chi connectivity index (χ1) is 7.27. The SMILES string of the molecule is CC(C)(C)OC(=O)N1CC[C@@H]2C[C@@]21C(=O)O. The fraction of sp³-hybridized carbons (Fsp3) is 0.818. The quantitative estimate of drug-likeness (QED) is 0.736. The van der Waals surface area contributed by atoms with Crippen LogP contribution in [0.3, 0.4) is 0 Å². The number of nitrogens with zero attached hydrogens (tertiary/aromatic N) is 1. The zero-order valence-electron chi connectivity index (χ0n) is 9.82. The summed E-state index contributed by atoms with van der Waals surface area (Å²) in [7, 11) is 0. The maximum absolute atomic E-state index is 11.8. The van der Waals surface area contributed by atoms with Crippen LogP contribution in [0.2, 0.25) is 0 Å². The number of piperidine rings is 1. The molecule has 2 aliphatic rings. The molecule has 1 aliphatic heterocycles. The third kappa shape index (κ3) is 1.54. The Morgan fingerprint density at radius 2 is 2.06 bits per heavy atom. The Labute approximate surface area is 94.4 Å². The number of likely N-dealkylation sites (tertiary alicyclic amines) is 1. The van der Waals surface area contributed by atoms with Crippen molar-refractivity contribution in [3.05, 3.63) is 0 Å². The molecular weight excluding hydrogens is 210 g/mol. The molecule has 1 amide bonds. The smallest absolute Gasteiger partial charge is 0.411 e. The predicted octanol–water partition coefficient (Wildman–Crippen LogP) is 1.47. The number of carbonyl (C=O) groups is 2. The van der Waals surface area contributed by atoms with Crippen molar-refractivity contribution < 1.29 is 19.4 Å². The third-order valence-corrected chi connectivity index (χ3v) is 3.24. The lowest BCUT2D eigenvalue weighted by Crippen LogP contribution is -2.47. The van der Waals surface area contributed by atoms with Crippen LogP contribution in [0.25, 0.3) is 0 Å². The number of carboxylic acids is 1. The average molecular weight is 227 g/mol. The van der Waals surface area contributed by atoms with Crippen molar-refractivity contribution in [1.82, 2.24) is 4.90 Å². The second-order valence-electron chi connectivity index (χ2n) is 5.55. The Bertz CT molecular complexity index is 346. The number of amides is 1. The van der Waals surface area contributed by atoms with Gasteiger partial charge < -0.3 is 9.84 Å². The Kier molecular flexibility index (Phi) is 2.19. The molecule has 0 aromatic heterocycles. The largest absolute Gasteiger partial charge is 0.479 e. The van der Waals surface area contributed by atoms with E-state index in [-0.39, 0.29) is 5.92 Å². The van der Waals surface area contributed by atoms with Crippen molar-refractivity contribution in [3.8, 4) is 0 Å². The highest BCUT2D eigenvalue weighted by Crippen LogP contribution is 2.56. The van der Waals surface area contributed by atoms with Crippen LogP contribution in [0.15, 0.2) is 0 Å². The second-order valence-corrected chi connectivity index (χ2v) is 5.55. The summed E-state index contributed by atoms with van der Waals surface area (Å²) < 4.78 is 5.22. The van der Waals surface area contributed by atoms with Crippen LogP contribution in [0.1, 0.15) is 33.6 Å². The van der Waals surface area contributed by atoms with E-state index in [4.69, 9.17) is 4.74 Å². The summed E-state index contributed by atoms with van der Waals surface area (Å²) in [6, 6.07) is 0. The third-order valence-electron chi connectivity index (χ3n) is 3.24. The highest BCUT2D eigenvalue weighted by molar-refractivity contribution is 5.89. The van der Waals surface area contributed by atoms with Crippen molar-refractivity contribution in [2.24, 2.45) is 5.92 Å². The topological polar surface area (TPSA) is 66.8 Å². The van der Waals surface area contributed by atoms with E-state index in [2.05, 4.69) is 0 Å². The molecule has 1 aliphatic carbocycles. The van der Waals surface area contributed by atoms with Crippen LogP contribution in [-0.2, 0) is 9.53 Å². The summed E-state index contributed by atoms with van der Waals surface area (Å²) in [5.74, 6) is -0.779. The van der Waals surface area contributed by atoms with E-state index in [1.54, 1.807) is 20.8 Å². The molecule has 0 aromatic carbocycles. The number of hydrogen-bond acceptors (Lipinski definition) is 3. The summed E-state index contributed by atoms with van der Waals surface area (Å²) in [4.78, 5) is 24.4. The highest BCUT2D eigenvalue weighted by Gasteiger charge is 2.69. The first-order valence-electron chi connectivity index (χ1n) is 5.51. The van der Waals surface area contributed by atoms with Gasteiger partial charge in [0.15, 0.2) is 0 Å². The zero-order valence-corrected chi connectivity index (χ0v) is 9.82. The van der Waals surface area contributed by atoms with Crippen LogP contribution < -0.4 is 0 Å². The van der Waals surface area contributed by atoms with Gasteiger partial charge in [0.05, 0.1) is 0 Å². The van der Waals surface area contributed by atoms with Crippen molar-refractivity contribution in [3.63, 3.8) is 0 Å². The van der Waals surface area contributed by atoms with Crippen LogP contribution >= 0.6 is 0 Å². The fourth-order valence-corrected chi connectivity index (χ4v) is 2.42. The van der Waals surface area contributed by atoms with Gasteiger partial charge in [-0.3, -0.25) is 4.90 Å². The van der Waals surface area contributed by atoms with Gasteiger partial charge in [0.1, 0.15) is 11.1 Å². The lowest BCUT2D eigenvalue weighted by molar-refractivity contribution is -0.144. The summed E-state index contributed by atoms with van der Waals surface area (Å²) in [5.41, 5.74) is -1.54. The Morgan fingerprint density at radius 3 is 2.50 bits per heavy atom. The fourth-order valence-electron chi connectivity index (χ4n) is 2.42. The minimum absolute atomic E-state index is 0.123. The van der Waals surface area contributed by atoms with Gasteiger partial charge in [-0.05, 0) is 39.5 Å². The van der Waals surface area contributed by atoms with Crippen LogP contribution in [0, 0.1) is 5.92 Å². The molecule has 1 N–H and O–H groups in total. The number of carboxylic acid groups (broad SMARTS) is 1. The van der Waals surface area contributed by atoms with Gasteiger partial charge in [-0.2, -0.15) is 0 Å². The molecule has 2 fully saturated rings. The summed E-state index contributed by atoms with van der Waals surface area (Å²) in [6.07, 6.45) is 0.836. The maximum atomic E-state index is 11.8. The molecule has 90 valence electrons. The van der Waals surface area contributed by atoms with E-state index in [1.807, 2.05) is 0 Å². The molecule has 2 rings (SSSR count). The molecule has 16 heavy (non-hydrogen) atoms. The molecule has 0 aromatic rings. The van der Waals surface area contributed by atoms with E-state index in [1.165, 1.54) is 4.90 Å². The molecule has 0 bridgehead atoms. The van der Waals surface area contributed by atoms with Crippen LogP contribution in [0.5, 0.6) is 0 Å². The first-order valence-corrected chi connectivity index (χ1v) is 5.51. The van der Waals surface area contributed by atoms with Crippen molar-refractivity contribution in [2.45, 2.75) is 44.8 Å². The summed E-state index contributed by atoms with van der Waals surface area (Å²) in [5, 5.41) is 9.18. The molecule has 1 saturated carbocycles. The number of rotatable bonds is 1. The number of hydrogen-bond donors (Lipinski definition) is 1. The minimum atomic E-state index is -0.956. The van der Waals surface area contributed by atoms with Gasteiger partial charge in [0, 0.05) is 6.54 Å². The molecule has 5 heteroatoms. The van der Waals surface area contributed by atoms with Crippen molar-refractivity contribution in [1.29, 1.82) is 0 Å². The van der Waals surface area contributed by atoms with E-state index in [9.17, 15) is 14.7 Å². The number of fused-ring (bicyclic) bond motifs is 1. The normalized spacial score (nSPS) is 32.2. The summed E-state index contributed by atoms with van der Waals surface area (Å²) in [6.45, 7) is 5.82. The lowest BCUT2D eigenvalue weighted by Gasteiger charge is -2.28. The molecule has 1 saturated heterocycles. The molecule has 5 nitrogen and oxygen atoms in total. The molecular formula is C11H17NO4. The first kappa shape index (κ1) is 11.2. The van der Waals surface area contributed by atoms with Gasteiger partial charge in [0.25, 0.3) is 0 Å². The second kappa shape index (κ2) is 3.12. The van der Waals surface area contributed by atoms with E-state index in [0.717, 1.165) is 6.42 Å². The van der Waals surface area contributed by atoms with Gasteiger partial charge >= 0.3 is 12.1 Å². The standard InChI is InChI=1S/C11H17NO4/c1-10(2,3)16-9(15)12-5-4-7-6-11(7,12)8(13)14/h7H,4-6H2,1-3H3,(H,13,14)/t7-,11+/m1/s1. The Hall–Kier alpha value is -1.26. The minimum Gasteiger partial charge on any atom is -0.479 e. The monoisotopic (exact) mass is 227 g/mol. The molecule has 0 spiro atoms. The molecule has 1 heterocycles. The maximum Gasteiger partial charge on any atom is 0.411 e. The summed E-state index contributed by atoms with van der Waals surface area (Å²) >= 11 is 0. The lowest BCUT2D eigenvalue weighted by atomic mass is 10.2. The predicted molar refractivity (Wildman–Crippen MR) is 56.0 cm³/mol. The van der Waals surface area contributed by atoms with Gasteiger partial charge in [-0.15, -0.1) is 0 Å². The highest BCUT2D eigenvalue weighted by atomic mass is 16.6. The van der Waals surface area contributed by atoms with Gasteiger partial charge in [0.2, 0.25) is 0 Å². The van der Waals surface area contributed by atoms with E-state index < -0.39 is 23.2 Å². The number of ether oxygens (including phenoxy) is 1. The van der Waals surface area contributed by atoms with Crippen LogP contribution in [-0.4, -0.2) is 39.8 Å². The number of carbonyl (C=O) groups excluding carboxylic acids is 1. The number of aliphatic carboxylic acids is 1. The Balaban J connectivity index is 2.11. The molecule has 0 unspecified atom stereocenters. The Morgan fingerprint density at radius 1 is 1.44 bits per heavy atom. The van der Waals surface area contributed by atoms with Crippen molar-refractivity contribution >= 4 is 12.1 Å². The van der Waals surface area contributed by atoms with Crippen LogP contribution in [0.4, 0.5) is 4.79 Å². The average Bonchev–Trinajstić information content (AvgIpc) is 2.70.